The number of aryl methyl sites for hydroxylation is 2. The first-order chi connectivity index (χ1) is 13.7. The lowest BCUT2D eigenvalue weighted by molar-refractivity contribution is -0.119. The molecule has 0 aliphatic heterocycles. The van der Waals surface area contributed by atoms with Crippen molar-refractivity contribution < 1.29 is 9.59 Å². The summed E-state index contributed by atoms with van der Waals surface area (Å²) in [4.78, 5) is 24.9. The number of carbonyl (C=O) groups is 2. The Balaban J connectivity index is 1.67. The van der Waals surface area contributed by atoms with Crippen LogP contribution in [0.4, 0.5) is 11.4 Å². The number of amides is 2. The van der Waals surface area contributed by atoms with Crippen molar-refractivity contribution in [2.24, 2.45) is 0 Å². The Bertz CT molecular complexity index is 1080. The molecule has 8 heteroatoms. The lowest BCUT2D eigenvalue weighted by Gasteiger charge is -2.13. The molecule has 1 heterocycles. The highest BCUT2D eigenvalue weighted by atomic mass is 35.5. The molecule has 1 unspecified atom stereocenters. The van der Waals surface area contributed by atoms with E-state index in [1.54, 1.807) is 43.5 Å². The van der Waals surface area contributed by atoms with Gasteiger partial charge in [0, 0.05) is 27.6 Å². The Morgan fingerprint density at radius 3 is 2.03 bits per heavy atom. The SMILES string of the molecule is Cc1ccc(NC(=O)c2ccn(C(C)C(=O)Nc3ccc(C)c(Cl)c3)n2)cc1Cl. The van der Waals surface area contributed by atoms with Crippen molar-refractivity contribution >= 4 is 46.4 Å². The maximum atomic E-state index is 12.5. The van der Waals surface area contributed by atoms with Crippen LogP contribution in [0.25, 0.3) is 0 Å². The van der Waals surface area contributed by atoms with Crippen LogP contribution in [0.5, 0.6) is 0 Å². The van der Waals surface area contributed by atoms with Crippen LogP contribution in [0.2, 0.25) is 10.0 Å². The average Bonchev–Trinajstić information content (AvgIpc) is 3.17. The lowest BCUT2D eigenvalue weighted by Crippen LogP contribution is -2.24. The maximum absolute atomic E-state index is 12.5. The number of benzene rings is 2. The number of carbonyl (C=O) groups excluding carboxylic acids is 2. The van der Waals surface area contributed by atoms with Gasteiger partial charge in [-0.05, 0) is 62.2 Å². The van der Waals surface area contributed by atoms with E-state index in [1.165, 1.54) is 4.68 Å². The summed E-state index contributed by atoms with van der Waals surface area (Å²) < 4.78 is 1.43. The minimum Gasteiger partial charge on any atom is -0.324 e. The third-order valence-electron chi connectivity index (χ3n) is 4.49. The van der Waals surface area contributed by atoms with Crippen LogP contribution in [0.15, 0.2) is 48.7 Å². The van der Waals surface area contributed by atoms with Gasteiger partial charge in [-0.1, -0.05) is 35.3 Å². The van der Waals surface area contributed by atoms with Gasteiger partial charge in [0.05, 0.1) is 0 Å². The quantitative estimate of drug-likeness (QED) is 0.579. The van der Waals surface area contributed by atoms with E-state index in [0.717, 1.165) is 11.1 Å². The van der Waals surface area contributed by atoms with Gasteiger partial charge < -0.3 is 10.6 Å². The predicted molar refractivity (Wildman–Crippen MR) is 116 cm³/mol. The Labute approximate surface area is 178 Å². The smallest absolute Gasteiger partial charge is 0.276 e. The van der Waals surface area contributed by atoms with Crippen LogP contribution in [-0.4, -0.2) is 21.6 Å². The fourth-order valence-corrected chi connectivity index (χ4v) is 2.94. The van der Waals surface area contributed by atoms with Gasteiger partial charge in [-0.25, -0.2) is 0 Å². The molecule has 3 rings (SSSR count). The topological polar surface area (TPSA) is 76.0 Å². The van der Waals surface area contributed by atoms with Crippen LogP contribution >= 0.6 is 23.2 Å². The molecule has 0 fully saturated rings. The van der Waals surface area contributed by atoms with E-state index in [9.17, 15) is 9.59 Å². The second kappa shape index (κ2) is 8.68. The van der Waals surface area contributed by atoms with E-state index >= 15 is 0 Å². The van der Waals surface area contributed by atoms with Crippen LogP contribution < -0.4 is 10.6 Å². The molecule has 0 radical (unpaired) electrons. The molecular weight excluding hydrogens is 411 g/mol. The summed E-state index contributed by atoms with van der Waals surface area (Å²) in [7, 11) is 0. The molecule has 0 spiro atoms. The van der Waals surface area contributed by atoms with Crippen molar-refractivity contribution in [3.05, 3.63) is 75.5 Å². The van der Waals surface area contributed by atoms with Gasteiger partial charge in [-0.3, -0.25) is 14.3 Å². The number of hydrogen-bond acceptors (Lipinski definition) is 3. The normalized spacial score (nSPS) is 11.8. The highest BCUT2D eigenvalue weighted by Gasteiger charge is 2.18. The Morgan fingerprint density at radius 1 is 0.931 bits per heavy atom. The zero-order chi connectivity index (χ0) is 21.1. The van der Waals surface area contributed by atoms with E-state index in [0.29, 0.717) is 21.4 Å². The number of anilines is 2. The first-order valence-electron chi connectivity index (χ1n) is 8.94. The molecule has 0 saturated carbocycles. The minimum absolute atomic E-state index is 0.194. The number of halogens is 2. The molecule has 3 aromatic rings. The van der Waals surface area contributed by atoms with Crippen molar-refractivity contribution in [3.63, 3.8) is 0 Å². The first-order valence-corrected chi connectivity index (χ1v) is 9.70. The molecule has 0 aliphatic carbocycles. The predicted octanol–water partition coefficient (Wildman–Crippen LogP) is 5.26. The summed E-state index contributed by atoms with van der Waals surface area (Å²) in [5.74, 6) is -0.660. The first kappa shape index (κ1) is 20.9. The summed E-state index contributed by atoms with van der Waals surface area (Å²) in [6.07, 6.45) is 1.59. The highest BCUT2D eigenvalue weighted by molar-refractivity contribution is 6.32. The second-order valence-electron chi connectivity index (χ2n) is 6.73. The number of nitrogens with one attached hydrogen (secondary N) is 2. The number of hydrogen-bond donors (Lipinski definition) is 2. The molecule has 2 aromatic carbocycles. The molecule has 150 valence electrons. The molecule has 6 nitrogen and oxygen atoms in total. The molecule has 0 saturated heterocycles. The van der Waals surface area contributed by atoms with Crippen molar-refractivity contribution in [2.75, 3.05) is 10.6 Å². The third kappa shape index (κ3) is 4.96. The van der Waals surface area contributed by atoms with E-state index in [2.05, 4.69) is 15.7 Å². The summed E-state index contributed by atoms with van der Waals surface area (Å²) in [5, 5.41) is 10.9. The Morgan fingerprint density at radius 2 is 1.48 bits per heavy atom. The fraction of sp³-hybridized carbons (Fsp3) is 0.190. The molecule has 1 atom stereocenters. The Hall–Kier alpha value is -2.83. The maximum Gasteiger partial charge on any atom is 0.276 e. The van der Waals surface area contributed by atoms with Crippen molar-refractivity contribution in [3.8, 4) is 0 Å². The van der Waals surface area contributed by atoms with Gasteiger partial charge in [0.25, 0.3) is 5.91 Å². The van der Waals surface area contributed by atoms with Gasteiger partial charge >= 0.3 is 0 Å². The molecule has 0 aliphatic rings. The zero-order valence-corrected chi connectivity index (χ0v) is 17.7. The van der Waals surface area contributed by atoms with Crippen molar-refractivity contribution in [1.29, 1.82) is 0 Å². The van der Waals surface area contributed by atoms with Crippen LogP contribution in [0.3, 0.4) is 0 Å². The molecule has 2 amide bonds. The van der Waals surface area contributed by atoms with Crippen LogP contribution in [0.1, 0.15) is 34.6 Å². The average molecular weight is 431 g/mol. The molecule has 2 N–H and O–H groups in total. The van der Waals surface area contributed by atoms with Crippen LogP contribution in [-0.2, 0) is 4.79 Å². The van der Waals surface area contributed by atoms with Gasteiger partial charge in [0.1, 0.15) is 6.04 Å². The second-order valence-corrected chi connectivity index (χ2v) is 7.54. The van der Waals surface area contributed by atoms with Gasteiger partial charge in [0.15, 0.2) is 5.69 Å². The summed E-state index contributed by atoms with van der Waals surface area (Å²) >= 11 is 12.2. The third-order valence-corrected chi connectivity index (χ3v) is 5.30. The Kier molecular flexibility index (Phi) is 6.25. The van der Waals surface area contributed by atoms with Gasteiger partial charge in [0.2, 0.25) is 5.91 Å². The van der Waals surface area contributed by atoms with E-state index in [4.69, 9.17) is 23.2 Å². The molecule has 1 aromatic heterocycles. The summed E-state index contributed by atoms with van der Waals surface area (Å²) in [6.45, 7) is 5.46. The number of aromatic nitrogens is 2. The van der Waals surface area contributed by atoms with Gasteiger partial charge in [-0.2, -0.15) is 5.10 Å². The number of nitrogens with zero attached hydrogens (tertiary/aromatic N) is 2. The summed E-state index contributed by atoms with van der Waals surface area (Å²) in [6, 6.07) is 11.5. The summed E-state index contributed by atoms with van der Waals surface area (Å²) in [5.41, 5.74) is 3.21. The highest BCUT2D eigenvalue weighted by Crippen LogP contribution is 2.22. The van der Waals surface area contributed by atoms with Gasteiger partial charge in [-0.15, -0.1) is 0 Å². The zero-order valence-electron chi connectivity index (χ0n) is 16.2. The van der Waals surface area contributed by atoms with Crippen molar-refractivity contribution in [1.82, 2.24) is 9.78 Å². The molecular formula is C21H20Cl2N4O2. The monoisotopic (exact) mass is 430 g/mol. The fourth-order valence-electron chi connectivity index (χ4n) is 2.58. The molecule has 0 bridgehead atoms. The number of rotatable bonds is 5. The van der Waals surface area contributed by atoms with E-state index in [-0.39, 0.29) is 17.5 Å². The van der Waals surface area contributed by atoms with E-state index in [1.807, 2.05) is 26.0 Å². The lowest BCUT2D eigenvalue weighted by atomic mass is 10.2. The molecule has 29 heavy (non-hydrogen) atoms. The standard InChI is InChI=1S/C21H20Cl2N4O2/c1-12-4-6-15(10-17(12)22)24-20(28)14(3)27-9-8-19(26-27)21(29)25-16-7-5-13(2)18(23)11-16/h4-11,14H,1-3H3,(H,24,28)(H,25,29). The minimum atomic E-state index is -0.620. The van der Waals surface area contributed by atoms with Crippen molar-refractivity contribution in [2.45, 2.75) is 26.8 Å². The largest absolute Gasteiger partial charge is 0.324 e. The van der Waals surface area contributed by atoms with E-state index < -0.39 is 6.04 Å². The van der Waals surface area contributed by atoms with Crippen LogP contribution in [0, 0.1) is 13.8 Å².